The van der Waals surface area contributed by atoms with Crippen molar-refractivity contribution >= 4 is 28.9 Å². The number of nitrogens with two attached hydrogens (primary N) is 2. The predicted molar refractivity (Wildman–Crippen MR) is 95.0 cm³/mol. The van der Waals surface area contributed by atoms with Crippen molar-refractivity contribution in [3.8, 4) is 10.8 Å². The van der Waals surface area contributed by atoms with Crippen LogP contribution in [0, 0.1) is 5.82 Å². The van der Waals surface area contributed by atoms with Gasteiger partial charge in [-0.25, -0.2) is 9.37 Å². The highest BCUT2D eigenvalue weighted by atomic mass is 32.1. The summed E-state index contributed by atoms with van der Waals surface area (Å²) in [5.41, 5.74) is 11.5. The normalized spacial score (nSPS) is 10.4. The third-order valence-corrected chi connectivity index (χ3v) is 4.23. The SMILES string of the molecule is Nc1ccc(C(=O)NCc2ccc(Oc3cccc(F)c3)s2)c(N)n1. The molecule has 1 amide bonds. The molecule has 0 aliphatic rings. The molecule has 0 spiro atoms. The summed E-state index contributed by atoms with van der Waals surface area (Å²) in [6.45, 7) is 0.305. The van der Waals surface area contributed by atoms with Gasteiger partial charge in [-0.15, -0.1) is 11.3 Å². The molecule has 128 valence electrons. The van der Waals surface area contributed by atoms with E-state index in [1.165, 1.54) is 35.6 Å². The van der Waals surface area contributed by atoms with Gasteiger partial charge in [0.2, 0.25) is 0 Å². The lowest BCUT2D eigenvalue weighted by Crippen LogP contribution is -2.23. The number of rotatable bonds is 5. The fourth-order valence-corrected chi connectivity index (χ4v) is 2.91. The molecule has 0 aliphatic carbocycles. The first-order chi connectivity index (χ1) is 12.0. The van der Waals surface area contributed by atoms with E-state index in [9.17, 15) is 9.18 Å². The molecule has 1 aromatic carbocycles. The highest BCUT2D eigenvalue weighted by Gasteiger charge is 2.11. The maximum Gasteiger partial charge on any atom is 0.255 e. The molecule has 0 bridgehead atoms. The number of amides is 1. The van der Waals surface area contributed by atoms with Crippen molar-refractivity contribution in [2.75, 3.05) is 11.5 Å². The maximum atomic E-state index is 13.2. The first-order valence-corrected chi connectivity index (χ1v) is 8.15. The number of aromatic nitrogens is 1. The Hall–Kier alpha value is -3.13. The van der Waals surface area contributed by atoms with E-state index in [0.717, 1.165) is 4.88 Å². The molecule has 0 atom stereocenters. The minimum absolute atomic E-state index is 0.0822. The zero-order chi connectivity index (χ0) is 17.8. The zero-order valence-corrected chi connectivity index (χ0v) is 13.8. The Balaban J connectivity index is 1.60. The number of hydrogen-bond donors (Lipinski definition) is 3. The van der Waals surface area contributed by atoms with Crippen LogP contribution in [0.3, 0.4) is 0 Å². The molecular weight excluding hydrogens is 343 g/mol. The summed E-state index contributed by atoms with van der Waals surface area (Å²) in [4.78, 5) is 16.9. The largest absolute Gasteiger partial charge is 0.447 e. The van der Waals surface area contributed by atoms with Gasteiger partial charge in [-0.05, 0) is 36.4 Å². The zero-order valence-electron chi connectivity index (χ0n) is 13.0. The second-order valence-electron chi connectivity index (χ2n) is 5.13. The van der Waals surface area contributed by atoms with Gasteiger partial charge in [0.05, 0.1) is 12.1 Å². The van der Waals surface area contributed by atoms with E-state index in [2.05, 4.69) is 10.3 Å². The molecule has 3 rings (SSSR count). The number of halogens is 1. The van der Waals surface area contributed by atoms with Crippen molar-refractivity contribution in [3.05, 3.63) is 64.8 Å². The lowest BCUT2D eigenvalue weighted by atomic mass is 10.2. The van der Waals surface area contributed by atoms with Crippen LogP contribution in [0.4, 0.5) is 16.0 Å². The van der Waals surface area contributed by atoms with E-state index in [1.54, 1.807) is 18.2 Å². The molecule has 0 fully saturated rings. The van der Waals surface area contributed by atoms with Gasteiger partial charge in [0, 0.05) is 10.9 Å². The van der Waals surface area contributed by atoms with Gasteiger partial charge in [0.1, 0.15) is 23.2 Å². The molecular formula is C17H15FN4O2S. The monoisotopic (exact) mass is 358 g/mol. The van der Waals surface area contributed by atoms with Crippen LogP contribution in [0.1, 0.15) is 15.2 Å². The van der Waals surface area contributed by atoms with E-state index >= 15 is 0 Å². The second kappa shape index (κ2) is 7.18. The number of anilines is 2. The number of thiophene rings is 1. The summed E-state index contributed by atoms with van der Waals surface area (Å²) < 4.78 is 18.7. The predicted octanol–water partition coefficient (Wildman–Crippen LogP) is 3.17. The van der Waals surface area contributed by atoms with Crippen LogP contribution in [0.25, 0.3) is 0 Å². The molecule has 0 unspecified atom stereocenters. The van der Waals surface area contributed by atoms with Gasteiger partial charge in [0.25, 0.3) is 5.91 Å². The number of hydrogen-bond acceptors (Lipinski definition) is 6. The Kier molecular flexibility index (Phi) is 4.80. The number of benzene rings is 1. The Morgan fingerprint density at radius 1 is 1.20 bits per heavy atom. The highest BCUT2D eigenvalue weighted by molar-refractivity contribution is 7.13. The topological polar surface area (TPSA) is 103 Å². The molecule has 0 radical (unpaired) electrons. The number of ether oxygens (including phenoxy) is 1. The smallest absolute Gasteiger partial charge is 0.255 e. The maximum absolute atomic E-state index is 13.2. The molecule has 0 aliphatic heterocycles. The van der Waals surface area contributed by atoms with E-state index in [0.29, 0.717) is 17.4 Å². The van der Waals surface area contributed by atoms with Crippen LogP contribution in [-0.2, 0) is 6.54 Å². The first kappa shape index (κ1) is 16.7. The summed E-state index contributed by atoms with van der Waals surface area (Å²) >= 11 is 1.35. The van der Waals surface area contributed by atoms with Crippen molar-refractivity contribution in [1.29, 1.82) is 0 Å². The molecule has 25 heavy (non-hydrogen) atoms. The van der Waals surface area contributed by atoms with Crippen LogP contribution in [0.2, 0.25) is 0 Å². The van der Waals surface area contributed by atoms with Crippen molar-refractivity contribution < 1.29 is 13.9 Å². The summed E-state index contributed by atoms with van der Waals surface area (Å²) in [6.07, 6.45) is 0. The van der Waals surface area contributed by atoms with Gasteiger partial charge < -0.3 is 21.5 Å². The molecule has 6 nitrogen and oxygen atoms in total. The lowest BCUT2D eigenvalue weighted by molar-refractivity contribution is 0.0952. The van der Waals surface area contributed by atoms with Crippen molar-refractivity contribution in [2.24, 2.45) is 0 Å². The highest BCUT2D eigenvalue weighted by Crippen LogP contribution is 2.29. The minimum Gasteiger partial charge on any atom is -0.447 e. The van der Waals surface area contributed by atoms with Crippen LogP contribution in [-0.4, -0.2) is 10.9 Å². The molecule has 3 aromatic rings. The van der Waals surface area contributed by atoms with Crippen LogP contribution >= 0.6 is 11.3 Å². The average molecular weight is 358 g/mol. The number of carbonyl (C=O) groups excluding carboxylic acids is 1. The van der Waals surface area contributed by atoms with E-state index in [4.69, 9.17) is 16.2 Å². The summed E-state index contributed by atoms with van der Waals surface area (Å²) in [7, 11) is 0. The third-order valence-electron chi connectivity index (χ3n) is 3.27. The fraction of sp³-hybridized carbons (Fsp3) is 0.0588. The fourth-order valence-electron chi connectivity index (χ4n) is 2.10. The number of nitrogens with zero attached hydrogens (tertiary/aromatic N) is 1. The second-order valence-corrected chi connectivity index (χ2v) is 6.26. The Bertz CT molecular complexity index is 913. The molecule has 0 saturated carbocycles. The summed E-state index contributed by atoms with van der Waals surface area (Å²) in [5.74, 6) is 0.0469. The van der Waals surface area contributed by atoms with Crippen molar-refractivity contribution in [2.45, 2.75) is 6.54 Å². The van der Waals surface area contributed by atoms with Crippen molar-refractivity contribution in [1.82, 2.24) is 10.3 Å². The molecule has 8 heteroatoms. The Morgan fingerprint density at radius 2 is 2.04 bits per heavy atom. The van der Waals surface area contributed by atoms with E-state index in [-0.39, 0.29) is 28.9 Å². The van der Waals surface area contributed by atoms with Crippen LogP contribution in [0.15, 0.2) is 48.5 Å². The molecule has 2 heterocycles. The van der Waals surface area contributed by atoms with Crippen LogP contribution in [0.5, 0.6) is 10.8 Å². The number of pyridine rings is 1. The van der Waals surface area contributed by atoms with Crippen molar-refractivity contribution in [3.63, 3.8) is 0 Å². The number of nitrogen functional groups attached to an aromatic ring is 2. The Morgan fingerprint density at radius 3 is 2.80 bits per heavy atom. The summed E-state index contributed by atoms with van der Waals surface area (Å²) in [6, 6.07) is 12.5. The van der Waals surface area contributed by atoms with E-state index in [1.807, 2.05) is 6.07 Å². The average Bonchev–Trinajstić information content (AvgIpc) is 3.00. The van der Waals surface area contributed by atoms with Gasteiger partial charge in [-0.3, -0.25) is 4.79 Å². The number of nitrogens with one attached hydrogen (secondary N) is 1. The Labute approximate surface area is 147 Å². The van der Waals surface area contributed by atoms with Gasteiger partial charge in [-0.2, -0.15) is 0 Å². The number of carbonyl (C=O) groups is 1. The lowest BCUT2D eigenvalue weighted by Gasteiger charge is -2.06. The summed E-state index contributed by atoms with van der Waals surface area (Å²) in [5, 5.41) is 3.36. The first-order valence-electron chi connectivity index (χ1n) is 7.33. The van der Waals surface area contributed by atoms with Crippen LogP contribution < -0.4 is 21.5 Å². The third kappa shape index (κ3) is 4.24. The minimum atomic E-state index is -0.365. The molecule has 2 aromatic heterocycles. The van der Waals surface area contributed by atoms with E-state index < -0.39 is 0 Å². The quantitative estimate of drug-likeness (QED) is 0.650. The van der Waals surface area contributed by atoms with Gasteiger partial charge in [0.15, 0.2) is 5.06 Å². The standard InChI is InChI=1S/C17H15FN4O2S/c18-10-2-1-3-11(8-10)24-15-7-4-12(25-15)9-21-17(23)13-5-6-14(19)22-16(13)20/h1-8H,9H2,(H,21,23)(H4,19,20,22). The molecule has 0 saturated heterocycles. The van der Waals surface area contributed by atoms with Gasteiger partial charge in [-0.1, -0.05) is 6.07 Å². The molecule has 5 N–H and O–H groups in total. The van der Waals surface area contributed by atoms with Gasteiger partial charge >= 0.3 is 0 Å².